The van der Waals surface area contributed by atoms with Gasteiger partial charge in [-0.2, -0.15) is 0 Å². The van der Waals surface area contributed by atoms with E-state index in [-0.39, 0.29) is 7.43 Å². The van der Waals surface area contributed by atoms with Crippen LogP contribution in [-0.2, 0) is 18.9 Å². The minimum atomic E-state index is -1.58. The van der Waals surface area contributed by atoms with E-state index in [1.165, 1.54) is 0 Å². The van der Waals surface area contributed by atoms with Gasteiger partial charge >= 0.3 is 7.43 Å². The van der Waals surface area contributed by atoms with Gasteiger partial charge in [0.1, 0.15) is 0 Å². The van der Waals surface area contributed by atoms with E-state index in [2.05, 4.69) is 45.3 Å². The number of rotatable bonds is 4. The third-order valence-electron chi connectivity index (χ3n) is 0.718. The molecular weight excluding hydrogens is 348 g/mol. The zero-order chi connectivity index (χ0) is 20.0. The topological polar surface area (TPSA) is 197 Å². The molecule has 136 valence electrons. The van der Waals surface area contributed by atoms with Crippen LogP contribution in [0.4, 0.5) is 19.2 Å². The van der Waals surface area contributed by atoms with Gasteiger partial charge in [-0.1, -0.05) is 26.3 Å². The summed E-state index contributed by atoms with van der Waals surface area (Å²) < 4.78 is 14.4. The molecule has 0 radical (unpaired) electrons. The molecule has 0 spiro atoms. The number of carbonyl (C=O) groups excluding carboxylic acids is 4. The Bertz CT molecular complexity index is 347. The Morgan fingerprint density at radius 2 is 0.640 bits per heavy atom. The third kappa shape index (κ3) is 101. The Morgan fingerprint density at radius 1 is 0.520 bits per heavy atom. The average Bonchev–Trinajstić information content (AvgIpc) is 2.39. The molecule has 0 heterocycles. The quantitative estimate of drug-likeness (QED) is 0.305. The molecule has 0 amide bonds. The monoisotopic (exact) mass is 360 g/mol. The largest absolute Gasteiger partial charge is 4.00 e. The van der Waals surface area contributed by atoms with Crippen molar-refractivity contribution in [3.8, 4) is 0 Å². The van der Waals surface area contributed by atoms with Crippen LogP contribution in [0.15, 0.2) is 51.4 Å². The van der Waals surface area contributed by atoms with Gasteiger partial charge in [-0.05, 0) is 0 Å². The van der Waals surface area contributed by atoms with E-state index in [4.69, 9.17) is 0 Å². The van der Waals surface area contributed by atoms with E-state index >= 15 is 0 Å². The van der Waals surface area contributed by atoms with Crippen molar-refractivity contribution in [1.82, 2.24) is 0 Å². The van der Waals surface area contributed by atoms with Crippen LogP contribution in [-0.4, -0.2) is 24.6 Å². The Balaban J connectivity index is -0.0000000702. The van der Waals surface area contributed by atoms with Crippen molar-refractivity contribution in [2.75, 3.05) is 0 Å². The number of carboxylic acid groups (broad SMARTS) is 4. The minimum Gasteiger partial charge on any atom is -0.522 e. The molecule has 0 aliphatic rings. The maximum absolute atomic E-state index is 9.19. The summed E-state index contributed by atoms with van der Waals surface area (Å²) in [6.45, 7) is 11.8. The molecule has 12 heteroatoms. The van der Waals surface area contributed by atoms with Crippen molar-refractivity contribution < 1.29 is 58.6 Å². The molecule has 0 bridgehead atoms. The Labute approximate surface area is 143 Å². The minimum absolute atomic E-state index is 0. The predicted molar refractivity (Wildman–Crippen MR) is 70.0 cm³/mol. The van der Waals surface area contributed by atoms with E-state index in [0.29, 0.717) is 0 Å². The summed E-state index contributed by atoms with van der Waals surface area (Å²) in [5.41, 5.74) is 0. The smallest absolute Gasteiger partial charge is 0.522 e. The van der Waals surface area contributed by atoms with Gasteiger partial charge in [0.15, 0.2) is 0 Å². The molecule has 0 aliphatic carbocycles. The molecule has 12 nitrogen and oxygen atoms in total. The fourth-order valence-corrected chi connectivity index (χ4v) is 0.272. The van der Waals surface area contributed by atoms with E-state index in [1.807, 2.05) is 0 Å². The second kappa shape index (κ2) is 28.2. The summed E-state index contributed by atoms with van der Waals surface area (Å²) in [7, 11) is 0. The molecule has 0 saturated heterocycles. The summed E-state index contributed by atoms with van der Waals surface area (Å²) in [4.78, 5) is 36.8. The number of carbonyl (C=O) groups is 4. The fraction of sp³-hybridized carbons (Fsp3) is 0. The second-order valence-corrected chi connectivity index (χ2v) is 2.14. The normalized spacial score (nSPS) is 6.40. The summed E-state index contributed by atoms with van der Waals surface area (Å²) >= 11 is 0. The number of hydrogen-bond donors (Lipinski definition) is 0. The molecule has 0 aromatic rings. The van der Waals surface area contributed by atoms with Crippen LogP contribution in [0.2, 0.25) is 0 Å². The van der Waals surface area contributed by atoms with Crippen molar-refractivity contribution in [3.05, 3.63) is 58.8 Å². The second-order valence-electron chi connectivity index (χ2n) is 2.14. The van der Waals surface area contributed by atoms with Gasteiger partial charge in [0, 0.05) is 25.0 Å². The first-order valence-electron chi connectivity index (χ1n) is 5.03. The first kappa shape index (κ1) is 32.8. The standard InChI is InChI=1S/4C3H4O3.C/c4*1-2-6-3(4)5;/h4*2H,1H2,(H,4,5);/q;;;;+4/p-4. The third-order valence-corrected chi connectivity index (χ3v) is 0.718. The Kier molecular flexibility index (Phi) is 37.1. The van der Waals surface area contributed by atoms with Crippen molar-refractivity contribution >= 4 is 24.6 Å². The van der Waals surface area contributed by atoms with Crippen LogP contribution in [0.5, 0.6) is 0 Å². The zero-order valence-corrected chi connectivity index (χ0v) is 12.5. The Hall–Kier alpha value is -3.96. The molecule has 0 saturated carbocycles. The van der Waals surface area contributed by atoms with Gasteiger partial charge in [-0.15, -0.1) is 0 Å². The molecule has 0 aliphatic heterocycles. The molecule has 0 fully saturated rings. The van der Waals surface area contributed by atoms with Crippen LogP contribution in [0, 0.1) is 7.43 Å². The van der Waals surface area contributed by atoms with Crippen molar-refractivity contribution in [3.63, 3.8) is 0 Å². The SMILES string of the molecule is C=COC(=O)[O-].C=COC(=O)[O-].C=COC(=O)[O-].C=COC(=O)[O-].[C+4]. The Morgan fingerprint density at radius 3 is 0.640 bits per heavy atom. The van der Waals surface area contributed by atoms with Crippen LogP contribution < -0.4 is 20.4 Å². The molecule has 25 heavy (non-hydrogen) atoms. The number of hydrogen-bond acceptors (Lipinski definition) is 12. The molecular formula is C13H12O12. The summed E-state index contributed by atoms with van der Waals surface area (Å²) in [5.74, 6) is 0. The maximum atomic E-state index is 9.19. The first-order chi connectivity index (χ1) is 11.1. The molecule has 0 N–H and O–H groups in total. The van der Waals surface area contributed by atoms with Crippen molar-refractivity contribution in [2.45, 2.75) is 0 Å². The fourth-order valence-electron chi connectivity index (χ4n) is 0.272. The van der Waals surface area contributed by atoms with Crippen molar-refractivity contribution in [2.24, 2.45) is 0 Å². The molecule has 0 unspecified atom stereocenters. The van der Waals surface area contributed by atoms with Crippen molar-refractivity contribution in [1.29, 1.82) is 0 Å². The van der Waals surface area contributed by atoms with E-state index in [0.717, 1.165) is 25.0 Å². The predicted octanol–water partition coefficient (Wildman–Crippen LogP) is -1.96. The van der Waals surface area contributed by atoms with Gasteiger partial charge in [0.2, 0.25) is 0 Å². The van der Waals surface area contributed by atoms with Gasteiger partial charge in [-0.25, -0.2) is 0 Å². The van der Waals surface area contributed by atoms with Crippen LogP contribution in [0.25, 0.3) is 0 Å². The van der Waals surface area contributed by atoms with Crippen LogP contribution >= 0.6 is 0 Å². The zero-order valence-electron chi connectivity index (χ0n) is 12.5. The van der Waals surface area contributed by atoms with Gasteiger partial charge in [-0.3, -0.25) is 0 Å². The van der Waals surface area contributed by atoms with Gasteiger partial charge in [0.25, 0.3) is 24.6 Å². The maximum Gasteiger partial charge on any atom is 4.00 e. The van der Waals surface area contributed by atoms with E-state index in [1.54, 1.807) is 0 Å². The number of ether oxygens (including phenoxy) is 4. The van der Waals surface area contributed by atoms with E-state index in [9.17, 15) is 39.6 Å². The molecule has 0 rings (SSSR count). The van der Waals surface area contributed by atoms with Crippen LogP contribution in [0.3, 0.4) is 0 Å². The average molecular weight is 360 g/mol. The summed E-state index contributed by atoms with van der Waals surface area (Å²) in [6.07, 6.45) is -3.17. The molecule has 0 atom stereocenters. The van der Waals surface area contributed by atoms with Gasteiger partial charge in [0.05, 0.1) is 0 Å². The molecule has 0 aromatic carbocycles. The first-order valence-corrected chi connectivity index (χ1v) is 5.03. The van der Waals surface area contributed by atoms with Crippen LogP contribution in [0.1, 0.15) is 0 Å². The molecule has 0 aromatic heterocycles. The van der Waals surface area contributed by atoms with Gasteiger partial charge < -0.3 is 58.6 Å². The summed E-state index contributed by atoms with van der Waals surface area (Å²) in [5, 5.41) is 36.8. The van der Waals surface area contributed by atoms with E-state index < -0.39 is 24.6 Å². The summed E-state index contributed by atoms with van der Waals surface area (Å²) in [6, 6.07) is 0.